The third kappa shape index (κ3) is 4.74. The molecule has 0 fully saturated rings. The minimum Gasteiger partial charge on any atom is -0.497 e. The van der Waals surface area contributed by atoms with Gasteiger partial charge in [-0.05, 0) is 44.4 Å². The third-order valence-corrected chi connectivity index (χ3v) is 4.66. The van der Waals surface area contributed by atoms with E-state index in [9.17, 15) is 4.79 Å². The van der Waals surface area contributed by atoms with Crippen molar-refractivity contribution in [2.24, 2.45) is 0 Å². The van der Waals surface area contributed by atoms with E-state index >= 15 is 0 Å². The standard InChI is InChI=1S/C22H29N5O2/c1-22(2,3)19-14-20-24-17(15-7-9-16(29-6)10-8-15)13-18(27(20)25-19)21(28)23-11-12-26(4)5/h7-10,13-14H,11-12H2,1-6H3,(H,23,28). The van der Waals surface area contributed by atoms with Crippen LogP contribution < -0.4 is 10.1 Å². The maximum absolute atomic E-state index is 12.9. The lowest BCUT2D eigenvalue weighted by Crippen LogP contribution is -2.32. The number of methoxy groups -OCH3 is 1. The molecule has 0 aliphatic carbocycles. The van der Waals surface area contributed by atoms with Crippen molar-refractivity contribution in [1.82, 2.24) is 24.8 Å². The number of hydrogen-bond acceptors (Lipinski definition) is 5. The Kier molecular flexibility index (Phi) is 5.88. The highest BCUT2D eigenvalue weighted by atomic mass is 16.5. The van der Waals surface area contributed by atoms with Crippen molar-refractivity contribution in [2.75, 3.05) is 34.3 Å². The number of rotatable bonds is 6. The summed E-state index contributed by atoms with van der Waals surface area (Å²) in [5.41, 5.74) is 3.50. The fraction of sp³-hybridized carbons (Fsp3) is 0.409. The molecule has 0 saturated carbocycles. The van der Waals surface area contributed by atoms with E-state index in [4.69, 9.17) is 9.72 Å². The van der Waals surface area contributed by atoms with E-state index in [-0.39, 0.29) is 11.3 Å². The van der Waals surface area contributed by atoms with Gasteiger partial charge in [0.2, 0.25) is 0 Å². The van der Waals surface area contributed by atoms with Crippen LogP contribution >= 0.6 is 0 Å². The number of carbonyl (C=O) groups is 1. The van der Waals surface area contributed by atoms with Crippen molar-refractivity contribution in [1.29, 1.82) is 0 Å². The predicted molar refractivity (Wildman–Crippen MR) is 115 cm³/mol. The quantitative estimate of drug-likeness (QED) is 0.695. The Morgan fingerprint density at radius 1 is 1.17 bits per heavy atom. The molecular weight excluding hydrogens is 366 g/mol. The van der Waals surface area contributed by atoms with Gasteiger partial charge >= 0.3 is 0 Å². The van der Waals surface area contributed by atoms with Gasteiger partial charge < -0.3 is 15.0 Å². The summed E-state index contributed by atoms with van der Waals surface area (Å²) in [6.45, 7) is 7.60. The molecule has 2 aromatic heterocycles. The first kappa shape index (κ1) is 20.8. The largest absolute Gasteiger partial charge is 0.497 e. The number of benzene rings is 1. The van der Waals surface area contributed by atoms with Gasteiger partial charge in [0.05, 0.1) is 18.5 Å². The Labute approximate surface area is 171 Å². The molecule has 154 valence electrons. The summed E-state index contributed by atoms with van der Waals surface area (Å²) in [7, 11) is 5.58. The van der Waals surface area contributed by atoms with Crippen molar-refractivity contribution in [3.63, 3.8) is 0 Å². The monoisotopic (exact) mass is 395 g/mol. The number of nitrogens with zero attached hydrogens (tertiary/aromatic N) is 4. The van der Waals surface area contributed by atoms with Gasteiger partial charge in [-0.3, -0.25) is 4.79 Å². The minimum absolute atomic E-state index is 0.146. The molecule has 0 aliphatic heterocycles. The summed E-state index contributed by atoms with van der Waals surface area (Å²) >= 11 is 0. The first-order valence-corrected chi connectivity index (χ1v) is 9.67. The van der Waals surface area contributed by atoms with Gasteiger partial charge in [-0.1, -0.05) is 20.8 Å². The molecule has 0 spiro atoms. The Balaban J connectivity index is 2.07. The fourth-order valence-corrected chi connectivity index (χ4v) is 2.90. The van der Waals surface area contributed by atoms with Gasteiger partial charge in [0, 0.05) is 30.1 Å². The molecule has 7 nitrogen and oxygen atoms in total. The summed E-state index contributed by atoms with van der Waals surface area (Å²) in [4.78, 5) is 19.7. The zero-order valence-electron chi connectivity index (χ0n) is 18.0. The molecule has 0 radical (unpaired) electrons. The molecule has 1 amide bonds. The molecule has 7 heteroatoms. The fourth-order valence-electron chi connectivity index (χ4n) is 2.90. The van der Waals surface area contributed by atoms with Gasteiger partial charge in [-0.25, -0.2) is 9.50 Å². The smallest absolute Gasteiger partial charge is 0.270 e. The van der Waals surface area contributed by atoms with Crippen molar-refractivity contribution in [3.8, 4) is 17.0 Å². The zero-order valence-corrected chi connectivity index (χ0v) is 18.0. The highest BCUT2D eigenvalue weighted by molar-refractivity contribution is 5.94. The van der Waals surface area contributed by atoms with E-state index in [0.717, 1.165) is 29.2 Å². The predicted octanol–water partition coefficient (Wildman–Crippen LogP) is 2.99. The Bertz CT molecular complexity index is 1000. The average Bonchev–Trinajstić information content (AvgIpc) is 3.11. The van der Waals surface area contributed by atoms with E-state index < -0.39 is 0 Å². The number of hydrogen-bond donors (Lipinski definition) is 1. The first-order chi connectivity index (χ1) is 13.7. The highest BCUT2D eigenvalue weighted by Gasteiger charge is 2.22. The van der Waals surface area contributed by atoms with Crippen LogP contribution in [0.25, 0.3) is 16.9 Å². The molecule has 3 rings (SSSR count). The van der Waals surface area contributed by atoms with E-state index in [2.05, 4.69) is 31.2 Å². The summed E-state index contributed by atoms with van der Waals surface area (Å²) in [6.07, 6.45) is 0. The molecule has 29 heavy (non-hydrogen) atoms. The second-order valence-electron chi connectivity index (χ2n) is 8.36. The number of amides is 1. The van der Waals surface area contributed by atoms with E-state index in [1.54, 1.807) is 17.7 Å². The maximum Gasteiger partial charge on any atom is 0.270 e. The number of carbonyl (C=O) groups excluding carboxylic acids is 1. The molecular formula is C22H29N5O2. The van der Waals surface area contributed by atoms with Crippen LogP contribution in [0.1, 0.15) is 37.0 Å². The van der Waals surface area contributed by atoms with Crippen LogP contribution in [0, 0.1) is 0 Å². The molecule has 0 atom stereocenters. The van der Waals surface area contributed by atoms with Crippen LogP contribution in [0.15, 0.2) is 36.4 Å². The molecule has 0 unspecified atom stereocenters. The van der Waals surface area contributed by atoms with Crippen LogP contribution in [0.5, 0.6) is 5.75 Å². The second kappa shape index (κ2) is 8.21. The van der Waals surface area contributed by atoms with E-state index in [1.807, 2.05) is 49.3 Å². The zero-order chi connectivity index (χ0) is 21.2. The minimum atomic E-state index is -0.169. The van der Waals surface area contributed by atoms with Crippen molar-refractivity contribution >= 4 is 11.6 Å². The molecule has 0 aliphatic rings. The van der Waals surface area contributed by atoms with Crippen LogP contribution in [-0.4, -0.2) is 59.7 Å². The van der Waals surface area contributed by atoms with Gasteiger partial charge in [0.1, 0.15) is 11.4 Å². The lowest BCUT2D eigenvalue weighted by Gasteiger charge is -2.14. The second-order valence-corrected chi connectivity index (χ2v) is 8.36. The number of nitrogens with one attached hydrogen (secondary N) is 1. The normalized spacial score (nSPS) is 11.8. The highest BCUT2D eigenvalue weighted by Crippen LogP contribution is 2.26. The Hall–Kier alpha value is -2.93. The Morgan fingerprint density at radius 2 is 1.86 bits per heavy atom. The summed E-state index contributed by atoms with van der Waals surface area (Å²) in [5.74, 6) is 0.605. The maximum atomic E-state index is 12.9. The molecule has 1 N–H and O–H groups in total. The van der Waals surface area contributed by atoms with Crippen LogP contribution in [-0.2, 0) is 5.41 Å². The summed E-state index contributed by atoms with van der Waals surface area (Å²) < 4.78 is 6.88. The van der Waals surface area contributed by atoms with Crippen molar-refractivity contribution < 1.29 is 9.53 Å². The number of likely N-dealkylation sites (N-methyl/N-ethyl adjacent to an activating group) is 1. The van der Waals surface area contributed by atoms with Crippen LogP contribution in [0.2, 0.25) is 0 Å². The average molecular weight is 396 g/mol. The van der Waals surface area contributed by atoms with Gasteiger partial charge in [0.15, 0.2) is 5.65 Å². The van der Waals surface area contributed by atoms with Gasteiger partial charge in [-0.15, -0.1) is 0 Å². The van der Waals surface area contributed by atoms with Crippen molar-refractivity contribution in [3.05, 3.63) is 47.8 Å². The first-order valence-electron chi connectivity index (χ1n) is 9.67. The number of aromatic nitrogens is 3. The molecule has 1 aromatic carbocycles. The van der Waals surface area contributed by atoms with Crippen LogP contribution in [0.3, 0.4) is 0 Å². The topological polar surface area (TPSA) is 71.8 Å². The summed E-state index contributed by atoms with van der Waals surface area (Å²) in [5, 5.41) is 7.65. The molecule has 0 bridgehead atoms. The van der Waals surface area contributed by atoms with E-state index in [1.165, 1.54) is 0 Å². The van der Waals surface area contributed by atoms with Crippen LogP contribution in [0.4, 0.5) is 0 Å². The van der Waals surface area contributed by atoms with Gasteiger partial charge in [-0.2, -0.15) is 5.10 Å². The lowest BCUT2D eigenvalue weighted by atomic mass is 9.93. The molecule has 2 heterocycles. The molecule has 0 saturated heterocycles. The summed E-state index contributed by atoms with van der Waals surface area (Å²) in [6, 6.07) is 11.4. The van der Waals surface area contributed by atoms with Gasteiger partial charge in [0.25, 0.3) is 5.91 Å². The number of ether oxygens (including phenoxy) is 1. The van der Waals surface area contributed by atoms with E-state index in [0.29, 0.717) is 17.9 Å². The lowest BCUT2D eigenvalue weighted by molar-refractivity contribution is 0.0943. The SMILES string of the molecule is COc1ccc(-c2cc(C(=O)NCCN(C)C)n3nc(C(C)(C)C)cc3n2)cc1. The Morgan fingerprint density at radius 3 is 2.45 bits per heavy atom. The molecule has 3 aromatic rings. The third-order valence-electron chi connectivity index (χ3n) is 4.66. The van der Waals surface area contributed by atoms with Crippen molar-refractivity contribution in [2.45, 2.75) is 26.2 Å². The number of fused-ring (bicyclic) bond motifs is 1.